The van der Waals surface area contributed by atoms with Gasteiger partial charge in [-0.2, -0.15) is 0 Å². The average molecular weight is 284 g/mol. The van der Waals surface area contributed by atoms with E-state index in [4.69, 9.17) is 9.97 Å². The molecule has 0 radical (unpaired) electrons. The second-order valence-electron chi connectivity index (χ2n) is 6.37. The number of aromatic nitrogens is 2. The molecule has 1 aliphatic rings. The zero-order chi connectivity index (χ0) is 15.0. The predicted molar refractivity (Wildman–Crippen MR) is 82.7 cm³/mol. The molecule has 0 fully saturated rings. The molecule has 0 N–H and O–H groups in total. The van der Waals surface area contributed by atoms with Crippen molar-refractivity contribution in [2.24, 2.45) is 5.92 Å². The Morgan fingerprint density at radius 1 is 1.14 bits per heavy atom. The van der Waals surface area contributed by atoms with Crippen molar-refractivity contribution in [2.75, 3.05) is 0 Å². The third-order valence-corrected chi connectivity index (χ3v) is 4.17. The lowest BCUT2D eigenvalue weighted by Crippen LogP contribution is -2.17. The van der Waals surface area contributed by atoms with Crippen LogP contribution in [0.2, 0.25) is 0 Å². The summed E-state index contributed by atoms with van der Waals surface area (Å²) in [6.07, 6.45) is 3.22. The van der Waals surface area contributed by atoms with E-state index in [1.165, 1.54) is 29.8 Å². The molecule has 2 aromatic rings. The molecule has 3 rings (SSSR count). The summed E-state index contributed by atoms with van der Waals surface area (Å²) in [5.41, 5.74) is 4.43. The minimum absolute atomic E-state index is 0.209. The van der Waals surface area contributed by atoms with E-state index in [9.17, 15) is 4.39 Å². The Balaban J connectivity index is 2.16. The van der Waals surface area contributed by atoms with Crippen LogP contribution in [0.3, 0.4) is 0 Å². The van der Waals surface area contributed by atoms with E-state index in [1.54, 1.807) is 0 Å². The van der Waals surface area contributed by atoms with E-state index in [-0.39, 0.29) is 5.82 Å². The van der Waals surface area contributed by atoms with Gasteiger partial charge in [0.15, 0.2) is 0 Å². The highest BCUT2D eigenvalue weighted by molar-refractivity contribution is 5.64. The van der Waals surface area contributed by atoms with Crippen molar-refractivity contribution >= 4 is 0 Å². The zero-order valence-electron chi connectivity index (χ0n) is 12.9. The Bertz CT molecular complexity index is 647. The molecule has 21 heavy (non-hydrogen) atoms. The first-order valence-corrected chi connectivity index (χ1v) is 7.70. The van der Waals surface area contributed by atoms with Crippen LogP contribution in [0.5, 0.6) is 0 Å². The predicted octanol–water partition coefficient (Wildman–Crippen LogP) is 4.53. The SMILES string of the molecule is CC1CCc2nc(C(C)C)nc(-c3ccc(F)cc3)c2C1. The molecular formula is C18H21FN2. The van der Waals surface area contributed by atoms with Crippen molar-refractivity contribution in [1.82, 2.24) is 9.97 Å². The van der Waals surface area contributed by atoms with Crippen LogP contribution in [0, 0.1) is 11.7 Å². The molecule has 3 heteroatoms. The largest absolute Gasteiger partial charge is 0.237 e. The standard InChI is InChI=1S/C18H21FN2/c1-11(2)18-20-16-9-4-12(3)10-15(16)17(21-18)13-5-7-14(19)8-6-13/h5-8,11-12H,4,9-10H2,1-3H3. The molecule has 0 spiro atoms. The summed E-state index contributed by atoms with van der Waals surface area (Å²) in [5, 5.41) is 0. The number of fused-ring (bicyclic) bond motifs is 1. The van der Waals surface area contributed by atoms with Gasteiger partial charge >= 0.3 is 0 Å². The lowest BCUT2D eigenvalue weighted by atomic mass is 9.85. The monoisotopic (exact) mass is 284 g/mol. The van der Waals surface area contributed by atoms with Gasteiger partial charge in [-0.1, -0.05) is 20.8 Å². The average Bonchev–Trinajstić information content (AvgIpc) is 2.47. The van der Waals surface area contributed by atoms with Crippen molar-refractivity contribution < 1.29 is 4.39 Å². The van der Waals surface area contributed by atoms with E-state index in [2.05, 4.69) is 20.8 Å². The van der Waals surface area contributed by atoms with E-state index in [0.717, 1.165) is 29.9 Å². The Morgan fingerprint density at radius 3 is 2.52 bits per heavy atom. The normalized spacial score (nSPS) is 17.9. The number of halogens is 1. The molecule has 1 heterocycles. The van der Waals surface area contributed by atoms with Gasteiger partial charge in [0.1, 0.15) is 11.6 Å². The maximum absolute atomic E-state index is 13.2. The minimum atomic E-state index is -0.209. The van der Waals surface area contributed by atoms with Crippen molar-refractivity contribution in [3.63, 3.8) is 0 Å². The Hall–Kier alpha value is -1.77. The van der Waals surface area contributed by atoms with Gasteiger partial charge in [0.05, 0.1) is 5.69 Å². The first-order valence-electron chi connectivity index (χ1n) is 7.70. The van der Waals surface area contributed by atoms with Gasteiger partial charge < -0.3 is 0 Å². The third-order valence-electron chi connectivity index (χ3n) is 4.17. The molecule has 1 unspecified atom stereocenters. The molecule has 0 bridgehead atoms. The second-order valence-corrected chi connectivity index (χ2v) is 6.37. The smallest absolute Gasteiger partial charge is 0.131 e. The van der Waals surface area contributed by atoms with Crippen LogP contribution in [-0.2, 0) is 12.8 Å². The van der Waals surface area contributed by atoms with E-state index >= 15 is 0 Å². The molecule has 1 aromatic carbocycles. The molecule has 2 nitrogen and oxygen atoms in total. The van der Waals surface area contributed by atoms with Crippen LogP contribution in [-0.4, -0.2) is 9.97 Å². The Morgan fingerprint density at radius 2 is 1.86 bits per heavy atom. The topological polar surface area (TPSA) is 25.8 Å². The molecular weight excluding hydrogens is 263 g/mol. The highest BCUT2D eigenvalue weighted by atomic mass is 19.1. The van der Waals surface area contributed by atoms with Crippen LogP contribution in [0.25, 0.3) is 11.3 Å². The lowest BCUT2D eigenvalue weighted by Gasteiger charge is -2.24. The van der Waals surface area contributed by atoms with E-state index < -0.39 is 0 Å². The van der Waals surface area contributed by atoms with Crippen molar-refractivity contribution in [1.29, 1.82) is 0 Å². The van der Waals surface area contributed by atoms with Gasteiger partial charge in [0.2, 0.25) is 0 Å². The third kappa shape index (κ3) is 2.82. The summed E-state index contributed by atoms with van der Waals surface area (Å²) in [6, 6.07) is 6.65. The quantitative estimate of drug-likeness (QED) is 0.809. The highest BCUT2D eigenvalue weighted by Gasteiger charge is 2.23. The molecule has 0 amide bonds. The van der Waals surface area contributed by atoms with Crippen LogP contribution < -0.4 is 0 Å². The molecule has 1 atom stereocenters. The van der Waals surface area contributed by atoms with Gasteiger partial charge in [-0.05, 0) is 49.4 Å². The van der Waals surface area contributed by atoms with E-state index in [0.29, 0.717) is 11.8 Å². The molecule has 0 saturated carbocycles. The van der Waals surface area contributed by atoms with Crippen LogP contribution in [0.15, 0.2) is 24.3 Å². The van der Waals surface area contributed by atoms with Gasteiger partial charge in [0, 0.05) is 22.7 Å². The lowest BCUT2D eigenvalue weighted by molar-refractivity contribution is 0.490. The maximum Gasteiger partial charge on any atom is 0.131 e. The highest BCUT2D eigenvalue weighted by Crippen LogP contribution is 2.32. The number of nitrogens with zero attached hydrogens (tertiary/aromatic N) is 2. The first kappa shape index (κ1) is 14.2. The summed E-state index contributed by atoms with van der Waals surface area (Å²) in [6.45, 7) is 6.50. The van der Waals surface area contributed by atoms with Crippen molar-refractivity contribution in [2.45, 2.75) is 46.0 Å². The summed E-state index contributed by atoms with van der Waals surface area (Å²) in [5.74, 6) is 1.64. The van der Waals surface area contributed by atoms with Crippen molar-refractivity contribution in [3.8, 4) is 11.3 Å². The fraction of sp³-hybridized carbons (Fsp3) is 0.444. The molecule has 0 saturated heterocycles. The molecule has 1 aromatic heterocycles. The van der Waals surface area contributed by atoms with Crippen LogP contribution in [0.1, 0.15) is 50.2 Å². The van der Waals surface area contributed by atoms with Gasteiger partial charge in [-0.25, -0.2) is 14.4 Å². The summed E-state index contributed by atoms with van der Waals surface area (Å²) in [4.78, 5) is 9.55. The number of aryl methyl sites for hydroxylation is 1. The molecule has 110 valence electrons. The van der Waals surface area contributed by atoms with Crippen molar-refractivity contribution in [3.05, 3.63) is 47.2 Å². The molecule has 1 aliphatic carbocycles. The summed E-state index contributed by atoms with van der Waals surface area (Å²) in [7, 11) is 0. The number of benzene rings is 1. The Kier molecular flexibility index (Phi) is 3.75. The minimum Gasteiger partial charge on any atom is -0.237 e. The van der Waals surface area contributed by atoms with Gasteiger partial charge in [-0.3, -0.25) is 0 Å². The first-order chi connectivity index (χ1) is 10.0. The second kappa shape index (κ2) is 5.55. The fourth-order valence-corrected chi connectivity index (χ4v) is 2.91. The van der Waals surface area contributed by atoms with Crippen LogP contribution >= 0.6 is 0 Å². The number of rotatable bonds is 2. The fourth-order valence-electron chi connectivity index (χ4n) is 2.91. The van der Waals surface area contributed by atoms with Gasteiger partial charge in [-0.15, -0.1) is 0 Å². The number of hydrogen-bond acceptors (Lipinski definition) is 2. The Labute approximate surface area is 125 Å². The van der Waals surface area contributed by atoms with E-state index in [1.807, 2.05) is 12.1 Å². The maximum atomic E-state index is 13.2. The summed E-state index contributed by atoms with van der Waals surface area (Å²) >= 11 is 0. The number of hydrogen-bond donors (Lipinski definition) is 0. The van der Waals surface area contributed by atoms with Crippen LogP contribution in [0.4, 0.5) is 4.39 Å². The molecule has 0 aliphatic heterocycles. The summed E-state index contributed by atoms with van der Waals surface area (Å²) < 4.78 is 13.2. The van der Waals surface area contributed by atoms with Gasteiger partial charge in [0.25, 0.3) is 0 Å². The zero-order valence-corrected chi connectivity index (χ0v) is 12.9.